The van der Waals surface area contributed by atoms with Crippen molar-refractivity contribution in [3.63, 3.8) is 0 Å². The monoisotopic (exact) mass is 247 g/mol. The summed E-state index contributed by atoms with van der Waals surface area (Å²) in [5, 5.41) is 12.3. The van der Waals surface area contributed by atoms with Crippen LogP contribution in [0.2, 0.25) is 0 Å². The lowest BCUT2D eigenvalue weighted by Crippen LogP contribution is -2.23. The van der Waals surface area contributed by atoms with Gasteiger partial charge in [-0.2, -0.15) is 10.2 Å². The van der Waals surface area contributed by atoms with Crippen LogP contribution in [-0.2, 0) is 13.6 Å². The number of hydrogen-bond acceptors (Lipinski definition) is 3. The molecule has 0 atom stereocenters. The molecular weight excluding hydrogens is 226 g/mol. The molecule has 2 aromatic rings. The third-order valence-electron chi connectivity index (χ3n) is 2.93. The van der Waals surface area contributed by atoms with Gasteiger partial charge in [0.2, 0.25) is 0 Å². The number of nitrogens with zero attached hydrogens (tertiary/aromatic N) is 4. The van der Waals surface area contributed by atoms with Crippen LogP contribution in [0.15, 0.2) is 12.4 Å². The highest BCUT2D eigenvalue weighted by atomic mass is 15.4. The fourth-order valence-electron chi connectivity index (χ4n) is 2.02. The van der Waals surface area contributed by atoms with Gasteiger partial charge in [0.1, 0.15) is 0 Å². The van der Waals surface area contributed by atoms with Crippen molar-refractivity contribution in [1.29, 1.82) is 0 Å². The summed E-state index contributed by atoms with van der Waals surface area (Å²) in [6.07, 6.45) is 3.89. The van der Waals surface area contributed by atoms with Crippen molar-refractivity contribution in [2.75, 3.05) is 0 Å². The molecule has 2 heterocycles. The maximum atomic E-state index is 4.49. The van der Waals surface area contributed by atoms with Crippen molar-refractivity contribution in [3.05, 3.63) is 29.2 Å². The average molecular weight is 247 g/mol. The number of aromatic nitrogens is 4. The van der Waals surface area contributed by atoms with E-state index in [2.05, 4.69) is 29.4 Å². The third-order valence-corrected chi connectivity index (χ3v) is 2.93. The highest BCUT2D eigenvalue weighted by Crippen LogP contribution is 2.17. The van der Waals surface area contributed by atoms with Crippen LogP contribution in [-0.4, -0.2) is 25.6 Å². The van der Waals surface area contributed by atoms with E-state index in [4.69, 9.17) is 0 Å². The normalized spacial score (nSPS) is 11.4. The fourth-order valence-corrected chi connectivity index (χ4v) is 2.02. The first kappa shape index (κ1) is 12.8. The van der Waals surface area contributed by atoms with Crippen LogP contribution in [0, 0.1) is 13.8 Å². The zero-order valence-corrected chi connectivity index (χ0v) is 11.7. The summed E-state index contributed by atoms with van der Waals surface area (Å²) in [6, 6.07) is 0.455. The minimum absolute atomic E-state index is 0.455. The molecule has 5 heteroatoms. The van der Waals surface area contributed by atoms with Crippen LogP contribution < -0.4 is 5.32 Å². The predicted molar refractivity (Wildman–Crippen MR) is 71.8 cm³/mol. The molecule has 0 aliphatic carbocycles. The summed E-state index contributed by atoms with van der Waals surface area (Å²) in [5.41, 5.74) is 3.40. The van der Waals surface area contributed by atoms with Gasteiger partial charge in [0.05, 0.1) is 11.9 Å². The van der Waals surface area contributed by atoms with Crippen molar-refractivity contribution >= 4 is 0 Å². The molecule has 0 aromatic carbocycles. The van der Waals surface area contributed by atoms with Crippen molar-refractivity contribution in [3.8, 4) is 5.82 Å². The molecule has 18 heavy (non-hydrogen) atoms. The summed E-state index contributed by atoms with van der Waals surface area (Å²) in [6.45, 7) is 9.18. The predicted octanol–water partition coefficient (Wildman–Crippen LogP) is 1.72. The Morgan fingerprint density at radius 1 is 1.33 bits per heavy atom. The van der Waals surface area contributed by atoms with Crippen molar-refractivity contribution < 1.29 is 0 Å². The Morgan fingerprint density at radius 2 is 2.06 bits per heavy atom. The third kappa shape index (κ3) is 2.46. The van der Waals surface area contributed by atoms with Gasteiger partial charge in [0.15, 0.2) is 5.82 Å². The van der Waals surface area contributed by atoms with Crippen molar-refractivity contribution in [2.24, 2.45) is 7.05 Å². The molecular formula is C13H21N5. The Kier molecular flexibility index (Phi) is 3.52. The van der Waals surface area contributed by atoms with Gasteiger partial charge in [-0.3, -0.25) is 4.68 Å². The van der Waals surface area contributed by atoms with Gasteiger partial charge in [0.25, 0.3) is 0 Å². The second-order valence-electron chi connectivity index (χ2n) is 5.01. The van der Waals surface area contributed by atoms with Gasteiger partial charge < -0.3 is 5.32 Å². The van der Waals surface area contributed by atoms with Crippen LogP contribution in [0.5, 0.6) is 0 Å². The second-order valence-corrected chi connectivity index (χ2v) is 5.01. The first-order chi connectivity index (χ1) is 8.49. The first-order valence-corrected chi connectivity index (χ1v) is 6.26. The van der Waals surface area contributed by atoms with E-state index in [-0.39, 0.29) is 0 Å². The van der Waals surface area contributed by atoms with Crippen LogP contribution in [0.4, 0.5) is 0 Å². The van der Waals surface area contributed by atoms with Gasteiger partial charge in [-0.25, -0.2) is 4.68 Å². The molecule has 0 aliphatic rings. The number of aryl methyl sites for hydroxylation is 3. The molecule has 98 valence electrons. The van der Waals surface area contributed by atoms with E-state index in [0.29, 0.717) is 6.04 Å². The molecule has 0 unspecified atom stereocenters. The van der Waals surface area contributed by atoms with Crippen LogP contribution in [0.3, 0.4) is 0 Å². The molecule has 0 bridgehead atoms. The minimum Gasteiger partial charge on any atom is -0.310 e. The zero-order valence-electron chi connectivity index (χ0n) is 11.7. The summed E-state index contributed by atoms with van der Waals surface area (Å²) in [7, 11) is 1.96. The summed E-state index contributed by atoms with van der Waals surface area (Å²) in [5.74, 6) is 1.04. The highest BCUT2D eigenvalue weighted by Gasteiger charge is 2.15. The smallest absolute Gasteiger partial charge is 0.156 e. The van der Waals surface area contributed by atoms with Gasteiger partial charge in [-0.1, -0.05) is 13.8 Å². The Morgan fingerprint density at radius 3 is 2.61 bits per heavy atom. The maximum Gasteiger partial charge on any atom is 0.156 e. The fraction of sp³-hybridized carbons (Fsp3) is 0.538. The zero-order chi connectivity index (χ0) is 13.3. The molecule has 0 radical (unpaired) electrons. The minimum atomic E-state index is 0.455. The second kappa shape index (κ2) is 4.94. The Bertz CT molecular complexity index is 536. The number of rotatable bonds is 4. The van der Waals surface area contributed by atoms with E-state index >= 15 is 0 Å². The quantitative estimate of drug-likeness (QED) is 0.895. The van der Waals surface area contributed by atoms with Gasteiger partial charge in [0, 0.05) is 31.4 Å². The van der Waals surface area contributed by atoms with E-state index in [9.17, 15) is 0 Å². The first-order valence-electron chi connectivity index (χ1n) is 6.26. The number of nitrogens with one attached hydrogen (secondary N) is 1. The van der Waals surface area contributed by atoms with Crippen LogP contribution in [0.1, 0.15) is 30.7 Å². The standard InChI is InChI=1S/C13H21N5/c1-9(2)14-7-12-11(4)16-17(5)13(12)18-8-10(3)6-15-18/h6,8-9,14H,7H2,1-5H3. The summed E-state index contributed by atoms with van der Waals surface area (Å²) in [4.78, 5) is 0. The van der Waals surface area contributed by atoms with E-state index in [0.717, 1.165) is 23.6 Å². The van der Waals surface area contributed by atoms with Crippen LogP contribution in [0.25, 0.3) is 5.82 Å². The van der Waals surface area contributed by atoms with E-state index in [1.54, 1.807) is 0 Å². The molecule has 0 saturated carbocycles. The lowest BCUT2D eigenvalue weighted by molar-refractivity contribution is 0.584. The van der Waals surface area contributed by atoms with Gasteiger partial charge in [-0.05, 0) is 19.4 Å². The summed E-state index contributed by atoms with van der Waals surface area (Å²) >= 11 is 0. The highest BCUT2D eigenvalue weighted by molar-refractivity contribution is 5.37. The molecule has 0 amide bonds. The molecule has 0 spiro atoms. The Hall–Kier alpha value is -1.62. The van der Waals surface area contributed by atoms with Gasteiger partial charge >= 0.3 is 0 Å². The van der Waals surface area contributed by atoms with E-state index < -0.39 is 0 Å². The largest absolute Gasteiger partial charge is 0.310 e. The topological polar surface area (TPSA) is 47.7 Å². The molecule has 0 aliphatic heterocycles. The number of hydrogen-bond donors (Lipinski definition) is 1. The maximum absolute atomic E-state index is 4.49. The average Bonchev–Trinajstić information content (AvgIpc) is 2.79. The van der Waals surface area contributed by atoms with Gasteiger partial charge in [-0.15, -0.1) is 0 Å². The SMILES string of the molecule is Cc1cnn(-c2c(CNC(C)C)c(C)nn2C)c1. The lowest BCUT2D eigenvalue weighted by Gasteiger charge is -2.10. The van der Waals surface area contributed by atoms with Crippen molar-refractivity contribution in [2.45, 2.75) is 40.3 Å². The molecule has 0 fully saturated rings. The Labute approximate surface area is 108 Å². The van der Waals surface area contributed by atoms with E-state index in [1.807, 2.05) is 42.7 Å². The molecule has 2 aromatic heterocycles. The Balaban J connectivity index is 2.39. The van der Waals surface area contributed by atoms with Crippen molar-refractivity contribution in [1.82, 2.24) is 24.9 Å². The summed E-state index contributed by atoms with van der Waals surface area (Å²) < 4.78 is 3.78. The lowest BCUT2D eigenvalue weighted by atomic mass is 10.2. The molecule has 5 nitrogen and oxygen atoms in total. The van der Waals surface area contributed by atoms with E-state index in [1.165, 1.54) is 5.56 Å². The molecule has 2 rings (SSSR count). The van der Waals surface area contributed by atoms with Crippen LogP contribution >= 0.6 is 0 Å². The molecule has 0 saturated heterocycles. The molecule has 1 N–H and O–H groups in total.